The maximum Gasteiger partial charge on any atom is 0.0224 e. The monoisotopic (exact) mass is 251 g/mol. The number of hydrogen-bond acceptors (Lipinski definition) is 3. The largest absolute Gasteiger partial charge is 0.301 e. The molecule has 3 heterocycles. The van der Waals surface area contributed by atoms with Crippen molar-refractivity contribution < 1.29 is 0 Å². The van der Waals surface area contributed by atoms with Crippen LogP contribution in [0.3, 0.4) is 0 Å². The van der Waals surface area contributed by atoms with Crippen molar-refractivity contribution in [1.82, 2.24) is 14.7 Å². The first-order valence-corrected chi connectivity index (χ1v) is 7.96. The van der Waals surface area contributed by atoms with E-state index in [1.807, 2.05) is 0 Å². The van der Waals surface area contributed by atoms with Crippen LogP contribution in [-0.2, 0) is 0 Å². The highest BCUT2D eigenvalue weighted by Crippen LogP contribution is 2.26. The van der Waals surface area contributed by atoms with Gasteiger partial charge < -0.3 is 4.90 Å². The number of piperidine rings is 1. The highest BCUT2D eigenvalue weighted by Gasteiger charge is 2.34. The Labute approximate surface area is 112 Å². The molecule has 3 aliphatic heterocycles. The minimum absolute atomic E-state index is 0.734. The van der Waals surface area contributed by atoms with Crippen molar-refractivity contribution >= 4 is 0 Å². The van der Waals surface area contributed by atoms with Gasteiger partial charge in [0.2, 0.25) is 0 Å². The second-order valence-corrected chi connectivity index (χ2v) is 6.69. The van der Waals surface area contributed by atoms with E-state index in [-0.39, 0.29) is 0 Å². The maximum atomic E-state index is 2.81. The molecule has 0 aromatic rings. The zero-order valence-corrected chi connectivity index (χ0v) is 12.1. The fraction of sp³-hybridized carbons (Fsp3) is 1.00. The molecule has 104 valence electrons. The van der Waals surface area contributed by atoms with Crippen LogP contribution in [0.5, 0.6) is 0 Å². The summed E-state index contributed by atoms with van der Waals surface area (Å²) in [6.45, 7) is 12.7. The molecular formula is C15H29N3. The molecule has 1 unspecified atom stereocenters. The minimum Gasteiger partial charge on any atom is -0.301 e. The molecule has 3 heteroatoms. The summed E-state index contributed by atoms with van der Waals surface area (Å²) in [6.07, 6.45) is 5.67. The fourth-order valence-electron chi connectivity index (χ4n) is 4.11. The molecule has 3 fully saturated rings. The van der Waals surface area contributed by atoms with Crippen LogP contribution in [0.2, 0.25) is 0 Å². The van der Waals surface area contributed by atoms with Crippen LogP contribution in [-0.4, -0.2) is 72.1 Å². The minimum atomic E-state index is 0.734. The van der Waals surface area contributed by atoms with Crippen LogP contribution >= 0.6 is 0 Å². The Kier molecular flexibility index (Phi) is 3.92. The Bertz CT molecular complexity index is 271. The summed E-state index contributed by atoms with van der Waals surface area (Å²) in [5, 5.41) is 0. The molecular weight excluding hydrogens is 222 g/mol. The molecule has 0 N–H and O–H groups in total. The summed E-state index contributed by atoms with van der Waals surface area (Å²) in [5.41, 5.74) is 0. The number of rotatable bonds is 2. The van der Waals surface area contributed by atoms with Gasteiger partial charge in [-0.1, -0.05) is 0 Å². The predicted octanol–water partition coefficient (Wildman–Crippen LogP) is 1.64. The van der Waals surface area contributed by atoms with Crippen LogP contribution in [0.1, 0.15) is 39.5 Å². The molecule has 3 saturated heterocycles. The molecule has 0 saturated carbocycles. The van der Waals surface area contributed by atoms with E-state index in [0.717, 1.165) is 18.1 Å². The van der Waals surface area contributed by atoms with Gasteiger partial charge in [0.25, 0.3) is 0 Å². The van der Waals surface area contributed by atoms with E-state index < -0.39 is 0 Å². The third-order valence-electron chi connectivity index (χ3n) is 5.36. The lowest BCUT2D eigenvalue weighted by Gasteiger charge is -2.45. The summed E-state index contributed by atoms with van der Waals surface area (Å²) in [7, 11) is 0. The molecule has 0 aliphatic carbocycles. The van der Waals surface area contributed by atoms with Gasteiger partial charge in [-0.15, -0.1) is 0 Å². The maximum absolute atomic E-state index is 2.81. The van der Waals surface area contributed by atoms with E-state index in [1.54, 1.807) is 0 Å². The normalized spacial score (nSPS) is 33.2. The van der Waals surface area contributed by atoms with Gasteiger partial charge in [-0.3, -0.25) is 9.80 Å². The van der Waals surface area contributed by atoms with Crippen molar-refractivity contribution in [3.8, 4) is 0 Å². The molecule has 0 bridgehead atoms. The summed E-state index contributed by atoms with van der Waals surface area (Å²) >= 11 is 0. The fourth-order valence-corrected chi connectivity index (χ4v) is 4.11. The first-order chi connectivity index (χ1) is 8.74. The topological polar surface area (TPSA) is 9.72 Å². The molecule has 0 aromatic heterocycles. The van der Waals surface area contributed by atoms with E-state index in [2.05, 4.69) is 28.5 Å². The molecule has 0 spiro atoms. The van der Waals surface area contributed by atoms with Gasteiger partial charge in [0.1, 0.15) is 0 Å². The molecule has 3 nitrogen and oxygen atoms in total. The average molecular weight is 251 g/mol. The number of piperazine rings is 1. The average Bonchev–Trinajstić information content (AvgIpc) is 2.86. The van der Waals surface area contributed by atoms with Crippen LogP contribution in [0.25, 0.3) is 0 Å². The van der Waals surface area contributed by atoms with Gasteiger partial charge >= 0.3 is 0 Å². The van der Waals surface area contributed by atoms with Crippen molar-refractivity contribution in [2.24, 2.45) is 0 Å². The SMILES string of the molecule is CC(C)N1CCC(N2CCN3CCCC3C2)CC1. The predicted molar refractivity (Wildman–Crippen MR) is 75.9 cm³/mol. The molecule has 3 rings (SSSR count). The second kappa shape index (κ2) is 5.48. The van der Waals surface area contributed by atoms with Gasteiger partial charge in [0.15, 0.2) is 0 Å². The second-order valence-electron chi connectivity index (χ2n) is 6.69. The molecule has 3 aliphatic rings. The lowest BCUT2D eigenvalue weighted by atomic mass is 10.00. The Balaban J connectivity index is 1.51. The van der Waals surface area contributed by atoms with Crippen LogP contribution in [0.4, 0.5) is 0 Å². The lowest BCUT2D eigenvalue weighted by Crippen LogP contribution is -2.56. The van der Waals surface area contributed by atoms with Crippen molar-refractivity contribution in [3.63, 3.8) is 0 Å². The molecule has 0 amide bonds. The van der Waals surface area contributed by atoms with E-state index in [4.69, 9.17) is 0 Å². The first kappa shape index (κ1) is 12.9. The highest BCUT2D eigenvalue weighted by molar-refractivity contribution is 4.91. The van der Waals surface area contributed by atoms with Crippen LogP contribution in [0, 0.1) is 0 Å². The third-order valence-corrected chi connectivity index (χ3v) is 5.36. The summed E-state index contributed by atoms with van der Waals surface area (Å²) in [4.78, 5) is 8.17. The standard InChI is InChI=1S/C15H29N3/c1-13(2)16-8-5-14(6-9-16)18-11-10-17-7-3-4-15(17)12-18/h13-15H,3-12H2,1-2H3. The quantitative estimate of drug-likeness (QED) is 0.739. The molecule has 0 aromatic carbocycles. The highest BCUT2D eigenvalue weighted by atomic mass is 15.3. The third kappa shape index (κ3) is 2.59. The van der Waals surface area contributed by atoms with Gasteiger partial charge in [0, 0.05) is 37.8 Å². The van der Waals surface area contributed by atoms with Gasteiger partial charge in [-0.2, -0.15) is 0 Å². The smallest absolute Gasteiger partial charge is 0.0224 e. The Morgan fingerprint density at radius 2 is 1.50 bits per heavy atom. The Morgan fingerprint density at radius 1 is 0.778 bits per heavy atom. The zero-order chi connectivity index (χ0) is 12.5. The van der Waals surface area contributed by atoms with Crippen molar-refractivity contribution in [2.75, 3.05) is 39.3 Å². The van der Waals surface area contributed by atoms with Crippen LogP contribution in [0.15, 0.2) is 0 Å². The van der Waals surface area contributed by atoms with Crippen molar-refractivity contribution in [3.05, 3.63) is 0 Å². The van der Waals surface area contributed by atoms with Crippen LogP contribution < -0.4 is 0 Å². The van der Waals surface area contributed by atoms with Gasteiger partial charge in [-0.05, 0) is 59.2 Å². The van der Waals surface area contributed by atoms with E-state index >= 15 is 0 Å². The zero-order valence-electron chi connectivity index (χ0n) is 12.1. The van der Waals surface area contributed by atoms with Gasteiger partial charge in [0.05, 0.1) is 0 Å². The summed E-state index contributed by atoms with van der Waals surface area (Å²) in [5.74, 6) is 0. The lowest BCUT2D eigenvalue weighted by molar-refractivity contribution is 0.0363. The van der Waals surface area contributed by atoms with Crippen molar-refractivity contribution in [2.45, 2.75) is 57.7 Å². The molecule has 18 heavy (non-hydrogen) atoms. The van der Waals surface area contributed by atoms with E-state index in [9.17, 15) is 0 Å². The number of fused-ring (bicyclic) bond motifs is 1. The summed E-state index contributed by atoms with van der Waals surface area (Å²) < 4.78 is 0. The number of likely N-dealkylation sites (tertiary alicyclic amines) is 1. The molecule has 1 atom stereocenters. The first-order valence-electron chi connectivity index (χ1n) is 7.96. The van der Waals surface area contributed by atoms with Gasteiger partial charge in [-0.25, -0.2) is 0 Å². The molecule has 0 radical (unpaired) electrons. The Morgan fingerprint density at radius 3 is 2.22 bits per heavy atom. The van der Waals surface area contributed by atoms with Crippen molar-refractivity contribution in [1.29, 1.82) is 0 Å². The van der Waals surface area contributed by atoms with E-state index in [1.165, 1.54) is 65.0 Å². The van der Waals surface area contributed by atoms with E-state index in [0.29, 0.717) is 0 Å². The number of nitrogens with zero attached hydrogens (tertiary/aromatic N) is 3. The Hall–Kier alpha value is -0.120. The number of hydrogen-bond donors (Lipinski definition) is 0. The summed E-state index contributed by atoms with van der Waals surface area (Å²) in [6, 6.07) is 2.50.